The van der Waals surface area contributed by atoms with Crippen LogP contribution in [0, 0.1) is 0 Å². The first-order valence-corrected chi connectivity index (χ1v) is 9.02. The molecular formula is C18H15Br2NO2. The van der Waals surface area contributed by atoms with Gasteiger partial charge in [0.1, 0.15) is 0 Å². The summed E-state index contributed by atoms with van der Waals surface area (Å²) in [6.45, 7) is 0. The van der Waals surface area contributed by atoms with Gasteiger partial charge < -0.3 is 5.32 Å². The van der Waals surface area contributed by atoms with Gasteiger partial charge in [-0.15, -0.1) is 0 Å². The van der Waals surface area contributed by atoms with Crippen LogP contribution in [0.5, 0.6) is 0 Å². The fourth-order valence-electron chi connectivity index (χ4n) is 2.83. The maximum absolute atomic E-state index is 11.2. The molecule has 0 saturated carbocycles. The molecule has 5 heteroatoms. The third-order valence-electron chi connectivity index (χ3n) is 4.02. The van der Waals surface area contributed by atoms with Crippen molar-refractivity contribution in [2.75, 3.05) is 5.32 Å². The zero-order valence-electron chi connectivity index (χ0n) is 12.4. The van der Waals surface area contributed by atoms with Crippen LogP contribution in [-0.2, 0) is 17.6 Å². The Kier molecular flexibility index (Phi) is 4.97. The van der Waals surface area contributed by atoms with Gasteiger partial charge in [0.25, 0.3) is 0 Å². The highest BCUT2D eigenvalue weighted by molar-refractivity contribution is 9.10. The van der Waals surface area contributed by atoms with Crippen LogP contribution in [0.15, 0.2) is 45.3 Å². The van der Waals surface area contributed by atoms with E-state index in [-0.39, 0.29) is 11.7 Å². The van der Waals surface area contributed by atoms with E-state index in [2.05, 4.69) is 37.2 Å². The van der Waals surface area contributed by atoms with E-state index in [0.717, 1.165) is 33.0 Å². The van der Waals surface area contributed by atoms with Gasteiger partial charge in [-0.25, -0.2) is 0 Å². The molecule has 1 heterocycles. The van der Waals surface area contributed by atoms with Crippen LogP contribution in [-0.4, -0.2) is 11.7 Å². The van der Waals surface area contributed by atoms with Gasteiger partial charge >= 0.3 is 0 Å². The van der Waals surface area contributed by atoms with Crippen LogP contribution in [0.3, 0.4) is 0 Å². The molecule has 1 aliphatic carbocycles. The molecule has 0 saturated heterocycles. The summed E-state index contributed by atoms with van der Waals surface area (Å²) in [6, 6.07) is 11.6. The van der Waals surface area contributed by atoms with Crippen molar-refractivity contribution in [1.29, 1.82) is 0 Å². The van der Waals surface area contributed by atoms with Gasteiger partial charge in [-0.3, -0.25) is 9.59 Å². The zero-order chi connectivity index (χ0) is 16.4. The minimum atomic E-state index is 0.112. The Labute approximate surface area is 151 Å². The maximum Gasteiger partial charge on any atom is 0.224 e. The maximum atomic E-state index is 11.2. The smallest absolute Gasteiger partial charge is 0.224 e. The number of benzene rings is 2. The second-order valence-corrected chi connectivity index (χ2v) is 7.21. The first kappa shape index (κ1) is 16.4. The van der Waals surface area contributed by atoms with Crippen LogP contribution in [0.2, 0.25) is 0 Å². The topological polar surface area (TPSA) is 46.2 Å². The molecule has 0 atom stereocenters. The summed E-state index contributed by atoms with van der Waals surface area (Å²) in [7, 11) is 0. The zero-order valence-corrected chi connectivity index (χ0v) is 15.5. The van der Waals surface area contributed by atoms with Crippen molar-refractivity contribution in [3.05, 3.63) is 62.0 Å². The Morgan fingerprint density at radius 2 is 1.43 bits per heavy atom. The Morgan fingerprint density at radius 1 is 0.783 bits per heavy atom. The lowest BCUT2D eigenvalue weighted by Crippen LogP contribution is -2.18. The third kappa shape index (κ3) is 3.56. The highest BCUT2D eigenvalue weighted by Crippen LogP contribution is 2.29. The monoisotopic (exact) mass is 435 g/mol. The number of rotatable bonds is 0. The number of fused-ring (bicyclic) bond motifs is 2. The normalized spacial score (nSPS) is 15.2. The summed E-state index contributed by atoms with van der Waals surface area (Å²) in [5, 5.41) is 2.83. The second kappa shape index (κ2) is 6.97. The Balaban J connectivity index is 0.000000136. The molecule has 1 aliphatic heterocycles. The molecule has 4 rings (SSSR count). The molecule has 2 aromatic carbocycles. The number of Topliss-reactive ketones (excluding diaryl/α,β-unsaturated/α-hetero) is 1. The lowest BCUT2D eigenvalue weighted by Gasteiger charge is -2.17. The Bertz CT molecular complexity index is 787. The van der Waals surface area contributed by atoms with Gasteiger partial charge in [-0.2, -0.15) is 0 Å². The predicted octanol–water partition coefficient (Wildman–Crippen LogP) is 4.91. The Morgan fingerprint density at radius 3 is 2.17 bits per heavy atom. The number of anilines is 1. The van der Waals surface area contributed by atoms with Gasteiger partial charge in [0, 0.05) is 33.0 Å². The molecule has 0 unspecified atom stereocenters. The predicted molar refractivity (Wildman–Crippen MR) is 97.9 cm³/mol. The SMILES string of the molecule is O=C1CCc2c(Br)cccc21.O=C1CCc2c(Br)cccc2N1. The van der Waals surface area contributed by atoms with Crippen molar-refractivity contribution in [3.8, 4) is 0 Å². The van der Waals surface area contributed by atoms with Crippen molar-refractivity contribution in [2.24, 2.45) is 0 Å². The van der Waals surface area contributed by atoms with Crippen LogP contribution in [0.25, 0.3) is 0 Å². The molecule has 0 aromatic heterocycles. The Hall–Kier alpha value is -1.46. The molecule has 118 valence electrons. The van der Waals surface area contributed by atoms with E-state index in [0.29, 0.717) is 12.8 Å². The molecule has 0 bridgehead atoms. The molecule has 1 amide bonds. The van der Waals surface area contributed by atoms with Crippen molar-refractivity contribution in [2.45, 2.75) is 25.7 Å². The standard InChI is InChI=1S/C9H8BrNO.C9H7BrO/c10-7-2-1-3-8-6(7)4-5-9(12)11-8;10-8-3-1-2-7-6(8)4-5-9(7)11/h1-3H,4-5H2,(H,11,12);1-3H,4-5H2. The number of hydrogen-bond acceptors (Lipinski definition) is 2. The molecule has 0 spiro atoms. The average Bonchev–Trinajstić information content (AvgIpc) is 2.91. The van der Waals surface area contributed by atoms with E-state index in [1.165, 1.54) is 11.1 Å². The molecule has 2 aliphatic rings. The summed E-state index contributed by atoms with van der Waals surface area (Å²) < 4.78 is 2.15. The number of nitrogens with one attached hydrogen (secondary N) is 1. The van der Waals surface area contributed by atoms with E-state index >= 15 is 0 Å². The highest BCUT2D eigenvalue weighted by atomic mass is 79.9. The van der Waals surface area contributed by atoms with Gasteiger partial charge in [0.05, 0.1) is 0 Å². The fraction of sp³-hybridized carbons (Fsp3) is 0.222. The average molecular weight is 437 g/mol. The van der Waals surface area contributed by atoms with Gasteiger partial charge in [0.15, 0.2) is 5.78 Å². The molecule has 2 aromatic rings. The van der Waals surface area contributed by atoms with E-state index in [1.54, 1.807) is 0 Å². The van der Waals surface area contributed by atoms with Crippen molar-refractivity contribution in [3.63, 3.8) is 0 Å². The number of ketones is 1. The van der Waals surface area contributed by atoms with E-state index in [4.69, 9.17) is 0 Å². The summed E-state index contributed by atoms with van der Waals surface area (Å²) in [5.74, 6) is 0.391. The second-order valence-electron chi connectivity index (χ2n) is 5.50. The number of carbonyl (C=O) groups excluding carboxylic acids is 2. The first-order chi connectivity index (χ1) is 11.1. The quantitative estimate of drug-likeness (QED) is 0.637. The van der Waals surface area contributed by atoms with Gasteiger partial charge in [-0.05, 0) is 42.2 Å². The van der Waals surface area contributed by atoms with Crippen LogP contribution >= 0.6 is 31.9 Å². The van der Waals surface area contributed by atoms with Crippen LogP contribution in [0.1, 0.15) is 34.3 Å². The summed E-state index contributed by atoms with van der Waals surface area (Å²) in [6.07, 6.45) is 3.01. The number of hydrogen-bond donors (Lipinski definition) is 1. The van der Waals surface area contributed by atoms with Crippen molar-refractivity contribution >= 4 is 49.2 Å². The minimum absolute atomic E-state index is 0.112. The summed E-state index contributed by atoms with van der Waals surface area (Å²) >= 11 is 6.87. The highest BCUT2D eigenvalue weighted by Gasteiger charge is 2.20. The van der Waals surface area contributed by atoms with E-state index < -0.39 is 0 Å². The number of carbonyl (C=O) groups is 2. The lowest BCUT2D eigenvalue weighted by atomic mass is 10.0. The molecule has 0 fully saturated rings. The molecule has 0 radical (unpaired) electrons. The molecule has 1 N–H and O–H groups in total. The van der Waals surface area contributed by atoms with Gasteiger partial charge in [-0.1, -0.05) is 50.1 Å². The van der Waals surface area contributed by atoms with Crippen LogP contribution in [0.4, 0.5) is 5.69 Å². The largest absolute Gasteiger partial charge is 0.326 e. The fourth-order valence-corrected chi connectivity index (χ4v) is 3.96. The van der Waals surface area contributed by atoms with Crippen LogP contribution < -0.4 is 5.32 Å². The molecular weight excluding hydrogens is 422 g/mol. The first-order valence-electron chi connectivity index (χ1n) is 7.44. The lowest BCUT2D eigenvalue weighted by molar-refractivity contribution is -0.116. The van der Waals surface area contributed by atoms with Gasteiger partial charge in [0.2, 0.25) is 5.91 Å². The van der Waals surface area contributed by atoms with Crippen molar-refractivity contribution in [1.82, 2.24) is 0 Å². The number of halogens is 2. The minimum Gasteiger partial charge on any atom is -0.326 e. The molecule has 3 nitrogen and oxygen atoms in total. The third-order valence-corrected chi connectivity index (χ3v) is 5.50. The molecule has 23 heavy (non-hydrogen) atoms. The van der Waals surface area contributed by atoms with E-state index in [1.807, 2.05) is 36.4 Å². The van der Waals surface area contributed by atoms with Crippen molar-refractivity contribution < 1.29 is 9.59 Å². The summed E-state index contributed by atoms with van der Waals surface area (Å²) in [5.41, 5.74) is 4.23. The summed E-state index contributed by atoms with van der Waals surface area (Å²) in [4.78, 5) is 22.2. The number of amides is 1. The van der Waals surface area contributed by atoms with E-state index in [9.17, 15) is 9.59 Å².